The first kappa shape index (κ1) is 27.7. The number of hydrogen-bond donors (Lipinski definition) is 1. The summed E-state index contributed by atoms with van der Waals surface area (Å²) < 4.78 is 48.6. The van der Waals surface area contributed by atoms with Gasteiger partial charge in [0.2, 0.25) is 5.91 Å². The number of nitrogens with one attached hydrogen (secondary N) is 1. The minimum Gasteiger partial charge on any atom is -0.462 e. The highest BCUT2D eigenvalue weighted by molar-refractivity contribution is 6.00. The van der Waals surface area contributed by atoms with Crippen molar-refractivity contribution in [2.75, 3.05) is 30.0 Å². The van der Waals surface area contributed by atoms with Crippen molar-refractivity contribution < 1.29 is 41.8 Å². The second-order valence-corrected chi connectivity index (χ2v) is 8.53. The molecule has 11 heteroatoms. The van der Waals surface area contributed by atoms with Crippen molar-refractivity contribution in [1.82, 2.24) is 0 Å². The predicted octanol–water partition coefficient (Wildman–Crippen LogP) is 4.59. The van der Waals surface area contributed by atoms with Crippen LogP contribution in [0, 0.1) is 5.92 Å². The van der Waals surface area contributed by atoms with Crippen LogP contribution in [-0.2, 0) is 30.0 Å². The molecule has 3 rings (SSSR count). The number of benzene rings is 2. The van der Waals surface area contributed by atoms with Gasteiger partial charge in [0.1, 0.15) is 0 Å². The zero-order valence-corrected chi connectivity index (χ0v) is 20.2. The second kappa shape index (κ2) is 12.4. The molecule has 1 saturated heterocycles. The third-order valence-electron chi connectivity index (χ3n) is 5.67. The zero-order chi connectivity index (χ0) is 27.0. The molecule has 1 aliphatic rings. The summed E-state index contributed by atoms with van der Waals surface area (Å²) in [5.74, 6) is -3.20. The van der Waals surface area contributed by atoms with Crippen LogP contribution in [0.4, 0.5) is 24.5 Å². The molecule has 1 heterocycles. The number of ether oxygens (including phenoxy) is 2. The predicted molar refractivity (Wildman–Crippen MR) is 128 cm³/mol. The van der Waals surface area contributed by atoms with Crippen LogP contribution in [0.5, 0.6) is 0 Å². The van der Waals surface area contributed by atoms with Gasteiger partial charge in [0.25, 0.3) is 5.91 Å². The molecule has 0 aromatic heterocycles. The maximum absolute atomic E-state index is 12.8. The average molecular weight is 521 g/mol. The summed E-state index contributed by atoms with van der Waals surface area (Å²) in [5, 5.41) is 2.25. The summed E-state index contributed by atoms with van der Waals surface area (Å²) in [6.45, 7) is 1.69. The molecule has 0 spiro atoms. The van der Waals surface area contributed by atoms with Gasteiger partial charge in [0, 0.05) is 24.3 Å². The van der Waals surface area contributed by atoms with Crippen molar-refractivity contribution in [2.45, 2.75) is 38.8 Å². The molecule has 0 unspecified atom stereocenters. The zero-order valence-electron chi connectivity index (χ0n) is 20.2. The summed E-state index contributed by atoms with van der Waals surface area (Å²) >= 11 is 0. The number of amides is 2. The van der Waals surface area contributed by atoms with Crippen molar-refractivity contribution >= 4 is 35.1 Å². The highest BCUT2D eigenvalue weighted by Gasteiger charge is 2.36. The number of carbonyl (C=O) groups excluding carboxylic acids is 4. The van der Waals surface area contributed by atoms with Crippen LogP contribution in [0.3, 0.4) is 0 Å². The Labute approximate surface area is 211 Å². The number of esters is 2. The van der Waals surface area contributed by atoms with E-state index in [1.165, 1.54) is 23.1 Å². The highest BCUT2D eigenvalue weighted by atomic mass is 19.4. The lowest BCUT2D eigenvalue weighted by atomic mass is 10.1. The molecule has 0 saturated carbocycles. The maximum Gasteiger partial charge on any atom is 0.416 e. The highest BCUT2D eigenvalue weighted by Crippen LogP contribution is 2.31. The van der Waals surface area contributed by atoms with E-state index in [9.17, 15) is 32.3 Å². The van der Waals surface area contributed by atoms with Gasteiger partial charge in [0.15, 0.2) is 6.61 Å². The largest absolute Gasteiger partial charge is 0.462 e. The monoisotopic (exact) mass is 520 g/mol. The molecule has 2 aromatic carbocycles. The minimum atomic E-state index is -4.56. The molecule has 0 aliphatic carbocycles. The number of carbonyl (C=O) groups is 4. The Morgan fingerprint density at radius 1 is 1.05 bits per heavy atom. The Hall–Kier alpha value is -3.89. The lowest BCUT2D eigenvalue weighted by Crippen LogP contribution is -2.28. The Morgan fingerprint density at radius 3 is 2.46 bits per heavy atom. The van der Waals surface area contributed by atoms with E-state index in [4.69, 9.17) is 9.47 Å². The minimum absolute atomic E-state index is 0.0216. The van der Waals surface area contributed by atoms with Crippen LogP contribution in [0.1, 0.15) is 48.5 Å². The van der Waals surface area contributed by atoms with Gasteiger partial charge in [-0.3, -0.25) is 14.4 Å². The number of unbranched alkanes of at least 4 members (excludes halogenated alkanes) is 2. The van der Waals surface area contributed by atoms with Gasteiger partial charge in [-0.2, -0.15) is 13.2 Å². The van der Waals surface area contributed by atoms with Crippen molar-refractivity contribution in [1.29, 1.82) is 0 Å². The van der Waals surface area contributed by atoms with Crippen LogP contribution in [0.15, 0.2) is 48.5 Å². The van der Waals surface area contributed by atoms with Gasteiger partial charge in [0.05, 0.1) is 23.7 Å². The fourth-order valence-electron chi connectivity index (χ4n) is 3.72. The summed E-state index contributed by atoms with van der Waals surface area (Å²) in [5.41, 5.74) is -0.185. The van der Waals surface area contributed by atoms with Crippen LogP contribution < -0.4 is 10.2 Å². The third kappa shape index (κ3) is 7.80. The SMILES string of the molecule is CCCCCOC(=O)c1ccc(N2C[C@@H](C(=O)OCC(=O)Nc3cccc(C(F)(F)F)c3)CC2=O)cc1. The van der Waals surface area contributed by atoms with Gasteiger partial charge >= 0.3 is 18.1 Å². The van der Waals surface area contributed by atoms with E-state index in [1.54, 1.807) is 12.1 Å². The van der Waals surface area contributed by atoms with E-state index in [-0.39, 0.29) is 24.6 Å². The van der Waals surface area contributed by atoms with Crippen LogP contribution in [-0.4, -0.2) is 43.5 Å². The fourth-order valence-corrected chi connectivity index (χ4v) is 3.72. The third-order valence-corrected chi connectivity index (χ3v) is 5.67. The number of anilines is 2. The van der Waals surface area contributed by atoms with Gasteiger partial charge in [-0.05, 0) is 48.9 Å². The number of halogens is 3. The molecule has 8 nitrogen and oxygen atoms in total. The number of alkyl halides is 3. The van der Waals surface area contributed by atoms with E-state index in [0.29, 0.717) is 17.9 Å². The van der Waals surface area contributed by atoms with Crippen LogP contribution >= 0.6 is 0 Å². The summed E-state index contributed by atoms with van der Waals surface area (Å²) in [4.78, 5) is 50.4. The normalized spacial score (nSPS) is 15.4. The smallest absolute Gasteiger partial charge is 0.416 e. The second-order valence-electron chi connectivity index (χ2n) is 8.53. The Bertz CT molecular complexity index is 1130. The van der Waals surface area contributed by atoms with E-state index in [1.807, 2.05) is 6.92 Å². The van der Waals surface area contributed by atoms with Gasteiger partial charge in [-0.25, -0.2) is 4.79 Å². The molecule has 1 atom stereocenters. The van der Waals surface area contributed by atoms with Gasteiger partial charge in [-0.1, -0.05) is 25.8 Å². The van der Waals surface area contributed by atoms with E-state index >= 15 is 0 Å². The molecule has 0 radical (unpaired) electrons. The lowest BCUT2D eigenvalue weighted by Gasteiger charge is -2.17. The standard InChI is InChI=1S/C26H27F3N2O6/c1-2-3-4-12-36-24(34)17-8-10-21(11-9-17)31-15-18(13-23(31)33)25(35)37-16-22(32)30-20-7-5-6-19(14-20)26(27,28)29/h5-11,14,18H,2-4,12-13,15-16H2,1H3,(H,30,32)/t18-/m0/s1. The molecule has 2 amide bonds. The van der Waals surface area contributed by atoms with Crippen molar-refractivity contribution in [3.05, 3.63) is 59.7 Å². The molecule has 2 aromatic rings. The Morgan fingerprint density at radius 2 is 1.78 bits per heavy atom. The fraction of sp³-hybridized carbons (Fsp3) is 0.385. The molecule has 198 valence electrons. The summed E-state index contributed by atoms with van der Waals surface area (Å²) in [6, 6.07) is 10.3. The number of nitrogens with zero attached hydrogens (tertiary/aromatic N) is 1. The molecule has 1 aliphatic heterocycles. The van der Waals surface area contributed by atoms with Crippen LogP contribution in [0.25, 0.3) is 0 Å². The van der Waals surface area contributed by atoms with Crippen molar-refractivity contribution in [3.63, 3.8) is 0 Å². The molecule has 37 heavy (non-hydrogen) atoms. The van der Waals surface area contributed by atoms with Gasteiger partial charge in [-0.15, -0.1) is 0 Å². The first-order valence-electron chi connectivity index (χ1n) is 11.8. The first-order chi connectivity index (χ1) is 17.6. The molecule has 1 fully saturated rings. The van der Waals surface area contributed by atoms with E-state index in [2.05, 4.69) is 5.32 Å². The first-order valence-corrected chi connectivity index (χ1v) is 11.8. The molecular weight excluding hydrogens is 493 g/mol. The molecule has 1 N–H and O–H groups in total. The molecule has 0 bridgehead atoms. The maximum atomic E-state index is 12.8. The summed E-state index contributed by atoms with van der Waals surface area (Å²) in [7, 11) is 0. The van der Waals surface area contributed by atoms with Crippen LogP contribution in [0.2, 0.25) is 0 Å². The average Bonchev–Trinajstić information content (AvgIpc) is 3.26. The van der Waals surface area contributed by atoms with E-state index < -0.39 is 42.1 Å². The lowest BCUT2D eigenvalue weighted by molar-refractivity contribution is -0.151. The number of hydrogen-bond acceptors (Lipinski definition) is 6. The molecular formula is C26H27F3N2O6. The Kier molecular flexibility index (Phi) is 9.26. The van der Waals surface area contributed by atoms with Crippen molar-refractivity contribution in [2.24, 2.45) is 5.92 Å². The number of rotatable bonds is 10. The summed E-state index contributed by atoms with van der Waals surface area (Å²) in [6.07, 6.45) is -1.93. The van der Waals surface area contributed by atoms with E-state index in [0.717, 1.165) is 37.5 Å². The quantitative estimate of drug-likeness (QED) is 0.363. The topological polar surface area (TPSA) is 102 Å². The van der Waals surface area contributed by atoms with Crippen molar-refractivity contribution in [3.8, 4) is 0 Å². The Balaban J connectivity index is 1.49. The van der Waals surface area contributed by atoms with Gasteiger partial charge < -0.3 is 19.7 Å².